The molecule has 5 rings (SSSR count). The zero-order valence-corrected chi connectivity index (χ0v) is 26.1. The fourth-order valence-corrected chi connectivity index (χ4v) is 5.50. The Balaban J connectivity index is 0.00000500. The molecule has 1 saturated carbocycles. The molecular formula is C27H29Cl2F6N9O3. The Morgan fingerprint density at radius 2 is 1.68 bits per heavy atom. The molecule has 0 radical (unpaired) electrons. The number of amides is 4. The number of hydrogen-bond donors (Lipinski definition) is 3. The maximum absolute atomic E-state index is 13.6. The topological polar surface area (TPSA) is 143 Å². The van der Waals surface area contributed by atoms with Crippen molar-refractivity contribution in [3.63, 3.8) is 0 Å². The minimum Gasteiger partial charge on any atom is -0.335 e. The van der Waals surface area contributed by atoms with Crippen molar-refractivity contribution in [2.45, 2.75) is 43.8 Å². The third kappa shape index (κ3) is 8.10. The molecule has 2 fully saturated rings. The lowest BCUT2D eigenvalue weighted by Crippen LogP contribution is -2.57. The molecule has 0 spiro atoms. The maximum atomic E-state index is 13.6. The summed E-state index contributed by atoms with van der Waals surface area (Å²) >= 11 is 6.37. The van der Waals surface area contributed by atoms with E-state index in [0.717, 1.165) is 23.6 Å². The van der Waals surface area contributed by atoms with Gasteiger partial charge in [0.05, 0.1) is 28.0 Å². The molecule has 0 bridgehead atoms. The molecule has 12 nitrogen and oxygen atoms in total. The molecule has 4 N–H and O–H groups in total. The fourth-order valence-electron chi connectivity index (χ4n) is 5.24. The molecule has 20 heteroatoms. The van der Waals surface area contributed by atoms with Crippen LogP contribution in [0.1, 0.15) is 39.5 Å². The van der Waals surface area contributed by atoms with Crippen molar-refractivity contribution in [2.75, 3.05) is 31.5 Å². The zero-order chi connectivity index (χ0) is 33.6. The second-order valence-electron chi connectivity index (χ2n) is 11.0. The molecule has 47 heavy (non-hydrogen) atoms. The Hall–Kier alpha value is -4.03. The van der Waals surface area contributed by atoms with Crippen LogP contribution >= 0.6 is 24.0 Å². The number of carbonyl (C=O) groups is 3. The van der Waals surface area contributed by atoms with Gasteiger partial charge in [-0.15, -0.1) is 12.4 Å². The van der Waals surface area contributed by atoms with E-state index in [4.69, 9.17) is 17.3 Å². The van der Waals surface area contributed by atoms with Crippen molar-refractivity contribution in [1.82, 2.24) is 34.4 Å². The van der Waals surface area contributed by atoms with E-state index in [1.807, 2.05) is 0 Å². The Labute approximate surface area is 274 Å². The largest absolute Gasteiger partial charge is 0.435 e. The maximum Gasteiger partial charge on any atom is 0.435 e. The number of aromatic nitrogens is 4. The number of urea groups is 1. The van der Waals surface area contributed by atoms with Gasteiger partial charge in [0.1, 0.15) is 6.54 Å². The summed E-state index contributed by atoms with van der Waals surface area (Å²) in [6.07, 6.45) is -6.94. The first-order chi connectivity index (χ1) is 21.5. The minimum absolute atomic E-state index is 0. The van der Waals surface area contributed by atoms with Crippen LogP contribution in [-0.2, 0) is 19.8 Å². The van der Waals surface area contributed by atoms with Crippen LogP contribution in [0.15, 0.2) is 30.6 Å². The molecule has 2 aliphatic rings. The van der Waals surface area contributed by atoms with Gasteiger partial charge in [0, 0.05) is 57.2 Å². The molecule has 0 unspecified atom stereocenters. The van der Waals surface area contributed by atoms with E-state index in [9.17, 15) is 40.7 Å². The summed E-state index contributed by atoms with van der Waals surface area (Å²) < 4.78 is 80.3. The van der Waals surface area contributed by atoms with Gasteiger partial charge in [-0.2, -0.15) is 31.4 Å². The van der Waals surface area contributed by atoms with Crippen LogP contribution < -0.4 is 16.4 Å². The van der Waals surface area contributed by atoms with Crippen LogP contribution in [0.4, 0.5) is 36.8 Å². The molecular weight excluding hydrogens is 683 g/mol. The van der Waals surface area contributed by atoms with Crippen molar-refractivity contribution in [3.05, 3.63) is 52.7 Å². The second kappa shape index (κ2) is 13.6. The molecule has 1 aliphatic carbocycles. The number of nitrogens with one attached hydrogen (secondary N) is 2. The van der Waals surface area contributed by atoms with Crippen molar-refractivity contribution >= 4 is 47.5 Å². The van der Waals surface area contributed by atoms with Gasteiger partial charge in [-0.1, -0.05) is 11.6 Å². The van der Waals surface area contributed by atoms with Gasteiger partial charge in [-0.25, -0.2) is 9.78 Å². The van der Waals surface area contributed by atoms with Crippen molar-refractivity contribution in [2.24, 2.45) is 12.8 Å². The standard InChI is InChI=1S/C27H28ClF6N9O3.ClH/c1-40-20(18-12-43(13-26(29,30)31)39-21(18)27(32,33)34)11-36-22(40)23(44)37-15-2-3-17(19(28)10-15)24(45)41-4-6-42(7-5-41)25(46)38-16-8-14(35)9-16;/h2-3,10-12,14,16H,4-9,13,35H2,1H3,(H,37,44)(H,38,46);1H/t14-,16+;. The summed E-state index contributed by atoms with van der Waals surface area (Å²) in [7, 11) is 1.22. The molecule has 3 heterocycles. The van der Waals surface area contributed by atoms with E-state index in [0.29, 0.717) is 19.3 Å². The number of anilines is 1. The van der Waals surface area contributed by atoms with Gasteiger partial charge in [-0.05, 0) is 31.0 Å². The lowest BCUT2D eigenvalue weighted by molar-refractivity contribution is -0.148. The molecule has 4 amide bonds. The predicted molar refractivity (Wildman–Crippen MR) is 159 cm³/mol. The smallest absolute Gasteiger partial charge is 0.335 e. The summed E-state index contributed by atoms with van der Waals surface area (Å²) in [5.74, 6) is -1.60. The predicted octanol–water partition coefficient (Wildman–Crippen LogP) is 4.15. The van der Waals surface area contributed by atoms with Gasteiger partial charge in [0.2, 0.25) is 0 Å². The van der Waals surface area contributed by atoms with Crippen molar-refractivity contribution < 1.29 is 40.7 Å². The van der Waals surface area contributed by atoms with E-state index in [1.165, 1.54) is 25.2 Å². The number of piperazine rings is 1. The summed E-state index contributed by atoms with van der Waals surface area (Å²) in [6, 6.07) is 4.05. The Kier molecular flexibility index (Phi) is 10.4. The molecule has 2 aromatic heterocycles. The van der Waals surface area contributed by atoms with E-state index >= 15 is 0 Å². The first kappa shape index (κ1) is 35.8. The van der Waals surface area contributed by atoms with Crippen LogP contribution in [0.2, 0.25) is 5.02 Å². The lowest BCUT2D eigenvalue weighted by atomic mass is 9.88. The summed E-state index contributed by atoms with van der Waals surface area (Å²) in [6.45, 7) is -0.553. The highest BCUT2D eigenvalue weighted by Gasteiger charge is 2.40. The van der Waals surface area contributed by atoms with Crippen molar-refractivity contribution in [3.8, 4) is 11.3 Å². The number of alkyl halides is 6. The number of nitrogens with two attached hydrogens (primary N) is 1. The number of nitrogens with zero attached hydrogens (tertiary/aromatic N) is 6. The molecule has 3 aromatic rings. The van der Waals surface area contributed by atoms with Crippen molar-refractivity contribution in [1.29, 1.82) is 0 Å². The number of rotatable bonds is 6. The van der Waals surface area contributed by atoms with E-state index in [2.05, 4.69) is 20.7 Å². The fraction of sp³-hybridized carbons (Fsp3) is 0.444. The number of hydrogen-bond acceptors (Lipinski definition) is 6. The van der Waals surface area contributed by atoms with E-state index < -0.39 is 36.1 Å². The third-order valence-electron chi connectivity index (χ3n) is 7.65. The van der Waals surface area contributed by atoms with Crippen LogP contribution in [0, 0.1) is 0 Å². The molecule has 1 aromatic carbocycles. The average molecular weight is 712 g/mol. The molecule has 1 saturated heterocycles. The Bertz CT molecular complexity index is 1650. The Morgan fingerprint density at radius 1 is 1.04 bits per heavy atom. The number of imidazole rings is 1. The highest BCUT2D eigenvalue weighted by Crippen LogP contribution is 2.37. The monoisotopic (exact) mass is 711 g/mol. The number of carbonyl (C=O) groups excluding carboxylic acids is 3. The lowest BCUT2D eigenvalue weighted by Gasteiger charge is -2.38. The van der Waals surface area contributed by atoms with Gasteiger partial charge < -0.3 is 30.7 Å². The summed E-state index contributed by atoms with van der Waals surface area (Å²) in [5.41, 5.74) is 3.49. The first-order valence-electron chi connectivity index (χ1n) is 13.9. The van der Waals surface area contributed by atoms with E-state index in [-0.39, 0.29) is 82.0 Å². The van der Waals surface area contributed by atoms with Crippen LogP contribution in [0.25, 0.3) is 11.3 Å². The molecule has 0 atom stereocenters. The normalized spacial score (nSPS) is 18.3. The van der Waals surface area contributed by atoms with Crippen LogP contribution in [0.3, 0.4) is 0 Å². The quantitative estimate of drug-likeness (QED) is 0.328. The van der Waals surface area contributed by atoms with E-state index in [1.54, 1.807) is 9.80 Å². The molecule has 1 aliphatic heterocycles. The highest BCUT2D eigenvalue weighted by atomic mass is 35.5. The number of benzene rings is 1. The van der Waals surface area contributed by atoms with Crippen LogP contribution in [-0.4, -0.2) is 91.4 Å². The highest BCUT2D eigenvalue weighted by molar-refractivity contribution is 6.34. The average Bonchev–Trinajstić information content (AvgIpc) is 3.54. The van der Waals surface area contributed by atoms with Gasteiger partial charge >= 0.3 is 18.4 Å². The minimum atomic E-state index is -5.08. The second-order valence-corrected chi connectivity index (χ2v) is 11.4. The first-order valence-corrected chi connectivity index (χ1v) is 14.3. The van der Waals surface area contributed by atoms with Crippen LogP contribution in [0.5, 0.6) is 0 Å². The Morgan fingerprint density at radius 3 is 2.26 bits per heavy atom. The summed E-state index contributed by atoms with van der Waals surface area (Å²) in [4.78, 5) is 45.6. The van der Waals surface area contributed by atoms with Gasteiger partial charge in [0.25, 0.3) is 11.8 Å². The summed E-state index contributed by atoms with van der Waals surface area (Å²) in [5, 5.41) is 8.49. The zero-order valence-electron chi connectivity index (χ0n) is 24.5. The van der Waals surface area contributed by atoms with Gasteiger partial charge in [0.15, 0.2) is 11.5 Å². The number of halogens is 8. The van der Waals surface area contributed by atoms with Gasteiger partial charge in [-0.3, -0.25) is 14.3 Å². The SMILES string of the molecule is Cl.Cn1c(-c2cn(CC(F)(F)F)nc2C(F)(F)F)cnc1C(=O)Nc1ccc(C(=O)N2CCN(C(=O)N[C@H]3C[C@@H](N)C3)CC2)c(Cl)c1. The third-order valence-corrected chi connectivity index (χ3v) is 7.97. The molecule has 256 valence electrons.